The summed E-state index contributed by atoms with van der Waals surface area (Å²) in [6, 6.07) is 0. The molecule has 2 atom stereocenters. The zero-order valence-electron chi connectivity index (χ0n) is 12.2. The largest absolute Gasteiger partial charge is 0.463 e. The maximum Gasteiger partial charge on any atom is 0.330 e. The van der Waals surface area contributed by atoms with Gasteiger partial charge in [-0.05, 0) is 42.4 Å². The first-order valence-corrected chi connectivity index (χ1v) is 7.29. The van der Waals surface area contributed by atoms with Gasteiger partial charge in [0, 0.05) is 6.08 Å². The van der Waals surface area contributed by atoms with Crippen molar-refractivity contribution in [2.75, 3.05) is 6.61 Å². The minimum atomic E-state index is -0.136. The van der Waals surface area contributed by atoms with Gasteiger partial charge < -0.3 is 4.74 Å². The molecule has 2 fully saturated rings. The average molecular weight is 250 g/mol. The maximum atomic E-state index is 11.8. The number of hydrogen-bond acceptors (Lipinski definition) is 2. The lowest BCUT2D eigenvalue weighted by molar-refractivity contribution is -0.138. The summed E-state index contributed by atoms with van der Waals surface area (Å²) < 4.78 is 5.25. The van der Waals surface area contributed by atoms with Crippen LogP contribution in [-0.2, 0) is 9.53 Å². The van der Waals surface area contributed by atoms with Crippen molar-refractivity contribution in [3.05, 3.63) is 11.6 Å². The lowest BCUT2D eigenvalue weighted by Crippen LogP contribution is -2.28. The molecule has 0 aromatic carbocycles. The van der Waals surface area contributed by atoms with E-state index in [1.165, 1.54) is 18.4 Å². The van der Waals surface area contributed by atoms with Crippen LogP contribution in [0.5, 0.6) is 0 Å². The standard InChI is InChI=1S/C16H26O2/c1-5-6-9-18-14(17)11-13-10-12-7-8-16(13,4)15(12,2)3/h11-12H,5-10H2,1-4H3/b13-11-. The fraction of sp³-hybridized carbons (Fsp3) is 0.812. The van der Waals surface area contributed by atoms with E-state index in [0.29, 0.717) is 12.0 Å². The van der Waals surface area contributed by atoms with E-state index < -0.39 is 0 Å². The molecule has 2 aliphatic rings. The van der Waals surface area contributed by atoms with Crippen LogP contribution in [-0.4, -0.2) is 12.6 Å². The lowest BCUT2D eigenvalue weighted by Gasteiger charge is -2.35. The van der Waals surface area contributed by atoms with Crippen molar-refractivity contribution in [1.29, 1.82) is 0 Å². The van der Waals surface area contributed by atoms with Gasteiger partial charge in [0.1, 0.15) is 0 Å². The molecule has 0 spiro atoms. The van der Waals surface area contributed by atoms with Crippen LogP contribution in [0.3, 0.4) is 0 Å². The third-order valence-corrected chi connectivity index (χ3v) is 5.64. The van der Waals surface area contributed by atoms with Crippen LogP contribution in [0.2, 0.25) is 0 Å². The molecule has 0 aliphatic heterocycles. The quantitative estimate of drug-likeness (QED) is 0.426. The Morgan fingerprint density at radius 2 is 2.17 bits per heavy atom. The van der Waals surface area contributed by atoms with Crippen LogP contribution < -0.4 is 0 Å². The number of unbranched alkanes of at least 4 members (excludes halogenated alkanes) is 1. The molecule has 0 saturated heterocycles. The summed E-state index contributed by atoms with van der Waals surface area (Å²) in [5.41, 5.74) is 1.87. The Labute approximate surface area is 111 Å². The highest BCUT2D eigenvalue weighted by Gasteiger charge is 2.58. The van der Waals surface area contributed by atoms with Crippen LogP contribution in [0.25, 0.3) is 0 Å². The highest BCUT2D eigenvalue weighted by molar-refractivity contribution is 5.83. The molecule has 102 valence electrons. The van der Waals surface area contributed by atoms with Crippen molar-refractivity contribution in [2.45, 2.75) is 59.8 Å². The van der Waals surface area contributed by atoms with E-state index in [-0.39, 0.29) is 11.4 Å². The van der Waals surface area contributed by atoms with E-state index in [9.17, 15) is 4.79 Å². The number of rotatable bonds is 4. The third-order valence-electron chi connectivity index (χ3n) is 5.64. The number of carbonyl (C=O) groups excluding carboxylic acids is 1. The normalized spacial score (nSPS) is 35.1. The second-order valence-corrected chi connectivity index (χ2v) is 6.68. The van der Waals surface area contributed by atoms with Crippen molar-refractivity contribution in [3.63, 3.8) is 0 Å². The molecule has 0 aromatic heterocycles. The average Bonchev–Trinajstić information content (AvgIpc) is 2.62. The molecule has 2 rings (SSSR count). The molecule has 2 nitrogen and oxygen atoms in total. The van der Waals surface area contributed by atoms with Crippen molar-refractivity contribution < 1.29 is 9.53 Å². The molecular weight excluding hydrogens is 224 g/mol. The molecular formula is C16H26O2. The van der Waals surface area contributed by atoms with Gasteiger partial charge in [-0.15, -0.1) is 0 Å². The highest BCUT2D eigenvalue weighted by atomic mass is 16.5. The Morgan fingerprint density at radius 3 is 2.67 bits per heavy atom. The smallest absolute Gasteiger partial charge is 0.330 e. The van der Waals surface area contributed by atoms with Crippen LogP contribution >= 0.6 is 0 Å². The summed E-state index contributed by atoms with van der Waals surface area (Å²) in [6.07, 6.45) is 7.43. The maximum absolute atomic E-state index is 11.8. The van der Waals surface area contributed by atoms with Crippen molar-refractivity contribution in [2.24, 2.45) is 16.7 Å². The van der Waals surface area contributed by atoms with Gasteiger partial charge in [-0.1, -0.05) is 39.7 Å². The van der Waals surface area contributed by atoms with Crippen LogP contribution in [0.4, 0.5) is 0 Å². The summed E-state index contributed by atoms with van der Waals surface area (Å²) >= 11 is 0. The fourth-order valence-electron chi connectivity index (χ4n) is 3.74. The molecule has 0 radical (unpaired) electrons. The predicted molar refractivity (Wildman–Crippen MR) is 73.2 cm³/mol. The lowest BCUT2D eigenvalue weighted by atomic mass is 9.69. The van der Waals surface area contributed by atoms with Gasteiger partial charge in [-0.25, -0.2) is 4.79 Å². The summed E-state index contributed by atoms with van der Waals surface area (Å²) in [5.74, 6) is 0.611. The molecule has 2 unspecified atom stereocenters. The molecule has 18 heavy (non-hydrogen) atoms. The first-order valence-electron chi connectivity index (χ1n) is 7.29. The summed E-state index contributed by atoms with van der Waals surface area (Å²) in [7, 11) is 0. The van der Waals surface area contributed by atoms with Gasteiger partial charge in [0.2, 0.25) is 0 Å². The third kappa shape index (κ3) is 2.00. The zero-order valence-corrected chi connectivity index (χ0v) is 12.2. The van der Waals surface area contributed by atoms with Gasteiger partial charge in [0.15, 0.2) is 0 Å². The number of ether oxygens (including phenoxy) is 1. The van der Waals surface area contributed by atoms with E-state index in [0.717, 1.165) is 25.2 Å². The summed E-state index contributed by atoms with van der Waals surface area (Å²) in [5, 5.41) is 0. The van der Waals surface area contributed by atoms with Crippen molar-refractivity contribution in [1.82, 2.24) is 0 Å². The fourth-order valence-corrected chi connectivity index (χ4v) is 3.74. The molecule has 2 heteroatoms. The van der Waals surface area contributed by atoms with E-state index in [1.54, 1.807) is 6.08 Å². The van der Waals surface area contributed by atoms with Gasteiger partial charge in [0.05, 0.1) is 6.61 Å². The van der Waals surface area contributed by atoms with Gasteiger partial charge >= 0.3 is 5.97 Å². The van der Waals surface area contributed by atoms with E-state index in [4.69, 9.17) is 4.74 Å². The highest BCUT2D eigenvalue weighted by Crippen LogP contribution is 2.67. The van der Waals surface area contributed by atoms with E-state index in [2.05, 4.69) is 27.7 Å². The van der Waals surface area contributed by atoms with E-state index >= 15 is 0 Å². The number of allylic oxidation sites excluding steroid dienone is 1. The van der Waals surface area contributed by atoms with Crippen molar-refractivity contribution in [3.8, 4) is 0 Å². The second-order valence-electron chi connectivity index (χ2n) is 6.68. The van der Waals surface area contributed by atoms with Gasteiger partial charge in [-0.2, -0.15) is 0 Å². The molecule has 0 amide bonds. The predicted octanol–water partition coefficient (Wildman–Crippen LogP) is 4.10. The summed E-state index contributed by atoms with van der Waals surface area (Å²) in [4.78, 5) is 11.8. The van der Waals surface area contributed by atoms with Crippen LogP contribution in [0.1, 0.15) is 59.8 Å². The number of carbonyl (C=O) groups is 1. The first-order chi connectivity index (χ1) is 8.41. The molecule has 0 heterocycles. The van der Waals surface area contributed by atoms with E-state index in [1.807, 2.05) is 0 Å². The minimum Gasteiger partial charge on any atom is -0.463 e. The SMILES string of the molecule is CCCCOC(=O)/C=C1/CC2CCC1(C)C2(C)C. The Kier molecular flexibility index (Phi) is 3.57. The first kappa shape index (κ1) is 13.6. The molecule has 2 aliphatic carbocycles. The Balaban J connectivity index is 2.05. The van der Waals surface area contributed by atoms with Gasteiger partial charge in [-0.3, -0.25) is 0 Å². The molecule has 0 aromatic rings. The minimum absolute atomic E-state index is 0.136. The van der Waals surface area contributed by atoms with Gasteiger partial charge in [0.25, 0.3) is 0 Å². The number of hydrogen-bond donors (Lipinski definition) is 0. The Bertz CT molecular complexity index is 367. The number of esters is 1. The molecule has 2 saturated carbocycles. The molecule has 0 N–H and O–H groups in total. The second kappa shape index (κ2) is 4.71. The Hall–Kier alpha value is -0.790. The number of fused-ring (bicyclic) bond motifs is 2. The monoisotopic (exact) mass is 250 g/mol. The van der Waals surface area contributed by atoms with Crippen molar-refractivity contribution >= 4 is 5.97 Å². The molecule has 2 bridgehead atoms. The summed E-state index contributed by atoms with van der Waals surface area (Å²) in [6.45, 7) is 9.70. The zero-order chi connectivity index (χ0) is 13.4. The van der Waals surface area contributed by atoms with Crippen LogP contribution in [0.15, 0.2) is 11.6 Å². The topological polar surface area (TPSA) is 26.3 Å². The Morgan fingerprint density at radius 1 is 1.44 bits per heavy atom. The van der Waals surface area contributed by atoms with Crippen LogP contribution in [0, 0.1) is 16.7 Å².